The number of hydrogen-bond acceptors (Lipinski definition) is 7. The van der Waals surface area contributed by atoms with Gasteiger partial charge in [0.25, 0.3) is 11.1 Å². The molecule has 1 amide bonds. The van der Waals surface area contributed by atoms with Gasteiger partial charge < -0.3 is 19.2 Å². The van der Waals surface area contributed by atoms with E-state index in [9.17, 15) is 18.0 Å². The highest BCUT2D eigenvalue weighted by atomic mass is 32.2. The van der Waals surface area contributed by atoms with E-state index in [-0.39, 0.29) is 24.3 Å². The molecule has 0 aliphatic carbocycles. The van der Waals surface area contributed by atoms with Gasteiger partial charge in [-0.1, -0.05) is 17.8 Å². The Labute approximate surface area is 156 Å². The van der Waals surface area contributed by atoms with Crippen molar-refractivity contribution >= 4 is 17.7 Å². The maximum Gasteiger partial charge on any atom is 0.416 e. The molecule has 1 aromatic carbocycles. The Morgan fingerprint density at radius 2 is 2.04 bits per heavy atom. The van der Waals surface area contributed by atoms with E-state index >= 15 is 0 Å². The van der Waals surface area contributed by atoms with E-state index in [0.717, 1.165) is 12.1 Å². The minimum absolute atomic E-state index is 0.0858. The SMILES string of the molecule is O=C(NCc1nnc(SCCC2OCCO2)o1)c1cccc(C(F)(F)F)c1. The maximum atomic E-state index is 12.7. The van der Waals surface area contributed by atoms with Gasteiger partial charge in [0, 0.05) is 17.7 Å². The van der Waals surface area contributed by atoms with Gasteiger partial charge in [0.05, 0.1) is 25.3 Å². The van der Waals surface area contributed by atoms with E-state index in [4.69, 9.17) is 13.9 Å². The lowest BCUT2D eigenvalue weighted by atomic mass is 10.1. The minimum Gasteiger partial charge on any atom is -0.414 e. The smallest absolute Gasteiger partial charge is 0.414 e. The number of aromatic nitrogens is 2. The average molecular weight is 403 g/mol. The summed E-state index contributed by atoms with van der Waals surface area (Å²) in [6, 6.07) is 4.17. The number of amides is 1. The van der Waals surface area contributed by atoms with Gasteiger partial charge in [-0.25, -0.2) is 0 Å². The lowest BCUT2D eigenvalue weighted by molar-refractivity contribution is -0.137. The first kappa shape index (κ1) is 19.6. The highest BCUT2D eigenvalue weighted by Gasteiger charge is 2.30. The number of carbonyl (C=O) groups excluding carboxylic acids is 1. The summed E-state index contributed by atoms with van der Waals surface area (Å²) in [6.07, 6.45) is -4.05. The van der Waals surface area contributed by atoms with Crippen LogP contribution in [0, 0.1) is 0 Å². The van der Waals surface area contributed by atoms with Gasteiger partial charge in [-0.15, -0.1) is 10.2 Å². The number of alkyl halides is 3. The summed E-state index contributed by atoms with van der Waals surface area (Å²) in [7, 11) is 0. The highest BCUT2D eigenvalue weighted by molar-refractivity contribution is 7.99. The van der Waals surface area contributed by atoms with Crippen LogP contribution in [0.15, 0.2) is 33.9 Å². The van der Waals surface area contributed by atoms with Gasteiger partial charge in [-0.3, -0.25) is 4.79 Å². The van der Waals surface area contributed by atoms with Crippen LogP contribution in [0.1, 0.15) is 28.2 Å². The number of rotatable bonds is 7. The Balaban J connectivity index is 1.47. The van der Waals surface area contributed by atoms with E-state index in [2.05, 4.69) is 15.5 Å². The van der Waals surface area contributed by atoms with Gasteiger partial charge in [0.1, 0.15) is 0 Å². The van der Waals surface area contributed by atoms with Crippen molar-refractivity contribution in [3.05, 3.63) is 41.3 Å². The van der Waals surface area contributed by atoms with Gasteiger partial charge in [0.2, 0.25) is 5.89 Å². The monoisotopic (exact) mass is 403 g/mol. The zero-order valence-electron chi connectivity index (χ0n) is 14.0. The molecule has 146 valence electrons. The molecule has 3 rings (SSSR count). The molecular weight excluding hydrogens is 387 g/mol. The molecule has 11 heteroatoms. The summed E-state index contributed by atoms with van der Waals surface area (Å²) < 4.78 is 54.1. The zero-order chi connectivity index (χ0) is 19.3. The number of thioether (sulfide) groups is 1. The van der Waals surface area contributed by atoms with Gasteiger partial charge in [-0.05, 0) is 18.2 Å². The first-order valence-corrected chi connectivity index (χ1v) is 9.04. The molecule has 2 aromatic rings. The average Bonchev–Trinajstić information content (AvgIpc) is 3.31. The molecule has 1 aliphatic rings. The Morgan fingerprint density at radius 1 is 1.26 bits per heavy atom. The van der Waals surface area contributed by atoms with Crippen LogP contribution in [0.25, 0.3) is 0 Å². The second-order valence-electron chi connectivity index (χ2n) is 5.53. The maximum absolute atomic E-state index is 12.7. The fourth-order valence-electron chi connectivity index (χ4n) is 2.28. The molecule has 27 heavy (non-hydrogen) atoms. The molecule has 0 saturated carbocycles. The van der Waals surface area contributed by atoms with Crippen molar-refractivity contribution in [1.82, 2.24) is 15.5 Å². The number of halogens is 3. The van der Waals surface area contributed by atoms with E-state index in [1.807, 2.05) is 0 Å². The summed E-state index contributed by atoms with van der Waals surface area (Å²) in [6.45, 7) is 1.09. The van der Waals surface area contributed by atoms with Crippen molar-refractivity contribution in [1.29, 1.82) is 0 Å². The third-order valence-electron chi connectivity index (χ3n) is 3.57. The normalized spacial score (nSPS) is 15.2. The lowest BCUT2D eigenvalue weighted by Gasteiger charge is -2.08. The van der Waals surface area contributed by atoms with Gasteiger partial charge in [0.15, 0.2) is 6.29 Å². The minimum atomic E-state index is -4.51. The third-order valence-corrected chi connectivity index (χ3v) is 4.42. The number of carbonyl (C=O) groups is 1. The van der Waals surface area contributed by atoms with Crippen molar-refractivity contribution in [3.63, 3.8) is 0 Å². The van der Waals surface area contributed by atoms with E-state index in [1.54, 1.807) is 0 Å². The standard InChI is InChI=1S/C16H16F3N3O4S/c17-16(18,19)11-3-1-2-10(8-11)14(23)20-9-12-21-22-15(26-12)27-7-4-13-24-5-6-25-13/h1-3,8,13H,4-7,9H2,(H,20,23). The molecule has 7 nitrogen and oxygen atoms in total. The molecule has 1 fully saturated rings. The van der Waals surface area contributed by atoms with Gasteiger partial charge >= 0.3 is 6.18 Å². The molecule has 1 aliphatic heterocycles. The summed E-state index contributed by atoms with van der Waals surface area (Å²) in [5.41, 5.74) is -0.989. The lowest BCUT2D eigenvalue weighted by Crippen LogP contribution is -2.23. The predicted octanol–water partition coefficient (Wildman–Crippen LogP) is 2.87. The number of hydrogen-bond donors (Lipinski definition) is 1. The van der Waals surface area contributed by atoms with Crippen molar-refractivity contribution in [2.45, 2.75) is 30.7 Å². The second kappa shape index (κ2) is 8.72. The van der Waals surface area contributed by atoms with E-state index < -0.39 is 17.6 Å². The van der Waals surface area contributed by atoms with Crippen LogP contribution < -0.4 is 5.32 Å². The Kier molecular flexibility index (Phi) is 6.34. The zero-order valence-corrected chi connectivity index (χ0v) is 14.8. The number of nitrogens with one attached hydrogen (secondary N) is 1. The largest absolute Gasteiger partial charge is 0.416 e. The van der Waals surface area contributed by atoms with Crippen molar-refractivity contribution in [2.24, 2.45) is 0 Å². The van der Waals surface area contributed by atoms with Crippen LogP contribution in [0.4, 0.5) is 13.2 Å². The van der Waals surface area contributed by atoms with Gasteiger partial charge in [-0.2, -0.15) is 13.2 Å². The topological polar surface area (TPSA) is 86.5 Å². The first-order valence-electron chi connectivity index (χ1n) is 8.05. The highest BCUT2D eigenvalue weighted by Crippen LogP contribution is 2.29. The van der Waals surface area contributed by atoms with Crippen LogP contribution in [0.2, 0.25) is 0 Å². The molecule has 2 heterocycles. The Hall–Kier alpha value is -2.11. The fourth-order valence-corrected chi connectivity index (χ4v) is 3.02. The number of benzene rings is 1. The Morgan fingerprint density at radius 3 is 2.78 bits per heavy atom. The van der Waals surface area contributed by atoms with Crippen molar-refractivity contribution in [3.8, 4) is 0 Å². The van der Waals surface area contributed by atoms with Crippen LogP contribution in [0.3, 0.4) is 0 Å². The molecule has 0 radical (unpaired) electrons. The van der Waals surface area contributed by atoms with Crippen LogP contribution in [0.5, 0.6) is 0 Å². The quantitative estimate of drug-likeness (QED) is 0.712. The van der Waals surface area contributed by atoms with Crippen LogP contribution >= 0.6 is 11.8 Å². The first-order chi connectivity index (χ1) is 12.9. The van der Waals surface area contributed by atoms with E-state index in [0.29, 0.717) is 30.6 Å². The summed E-state index contributed by atoms with van der Waals surface area (Å²) >= 11 is 1.33. The summed E-state index contributed by atoms with van der Waals surface area (Å²) in [5.74, 6) is 0.151. The molecule has 0 atom stereocenters. The molecule has 0 bridgehead atoms. The summed E-state index contributed by atoms with van der Waals surface area (Å²) in [5, 5.41) is 10.4. The van der Waals surface area contributed by atoms with Crippen LogP contribution in [-0.2, 0) is 22.2 Å². The molecular formula is C16H16F3N3O4S. The molecule has 0 unspecified atom stereocenters. The van der Waals surface area contributed by atoms with Crippen molar-refractivity contribution < 1.29 is 31.9 Å². The summed E-state index contributed by atoms with van der Waals surface area (Å²) in [4.78, 5) is 12.0. The number of ether oxygens (including phenoxy) is 2. The molecule has 1 aromatic heterocycles. The molecule has 1 N–H and O–H groups in total. The van der Waals surface area contributed by atoms with E-state index in [1.165, 1.54) is 23.9 Å². The van der Waals surface area contributed by atoms with Crippen LogP contribution in [-0.4, -0.2) is 41.4 Å². The third kappa shape index (κ3) is 5.68. The molecule has 0 spiro atoms. The molecule has 1 saturated heterocycles. The predicted molar refractivity (Wildman–Crippen MR) is 87.9 cm³/mol. The fraction of sp³-hybridized carbons (Fsp3) is 0.438. The second-order valence-corrected chi connectivity index (χ2v) is 6.58. The Bertz CT molecular complexity index is 778. The number of nitrogens with zero attached hydrogens (tertiary/aromatic N) is 2. The van der Waals surface area contributed by atoms with Crippen molar-refractivity contribution in [2.75, 3.05) is 19.0 Å².